The van der Waals surface area contributed by atoms with Crippen LogP contribution in [0.1, 0.15) is 43.8 Å². The normalized spacial score (nSPS) is 15.2. The molecule has 5 heteroatoms. The molecule has 0 saturated carbocycles. The number of anilines is 1. The van der Waals surface area contributed by atoms with E-state index in [2.05, 4.69) is 24.1 Å². The van der Waals surface area contributed by atoms with Gasteiger partial charge in [-0.15, -0.1) is 0 Å². The number of hydrogen-bond acceptors (Lipinski definition) is 5. The van der Waals surface area contributed by atoms with Gasteiger partial charge >= 0.3 is 0 Å². The molecule has 0 spiro atoms. The predicted octanol–water partition coefficient (Wildman–Crippen LogP) is 2.25. The van der Waals surface area contributed by atoms with Crippen LogP contribution in [-0.2, 0) is 28.1 Å². The van der Waals surface area contributed by atoms with E-state index in [0.29, 0.717) is 6.61 Å². The van der Waals surface area contributed by atoms with Crippen LogP contribution in [0.3, 0.4) is 0 Å². The average Bonchev–Trinajstić information content (AvgIpc) is 2.48. The van der Waals surface area contributed by atoms with Gasteiger partial charge in [-0.3, -0.25) is 0 Å². The number of fused-ring (bicyclic) bond motifs is 1. The van der Waals surface area contributed by atoms with Crippen molar-refractivity contribution < 1.29 is 9.47 Å². The number of nitrogens with one attached hydrogen (secondary N) is 1. The summed E-state index contributed by atoms with van der Waals surface area (Å²) in [4.78, 5) is 9.41. The lowest BCUT2D eigenvalue weighted by molar-refractivity contribution is -0.0295. The van der Waals surface area contributed by atoms with Crippen LogP contribution in [0.5, 0.6) is 0 Å². The molecule has 19 heavy (non-hydrogen) atoms. The Kier molecular flexibility index (Phi) is 4.37. The van der Waals surface area contributed by atoms with E-state index >= 15 is 0 Å². The summed E-state index contributed by atoms with van der Waals surface area (Å²) >= 11 is 0. The largest absolute Gasteiger partial charge is 0.376 e. The predicted molar refractivity (Wildman–Crippen MR) is 74.2 cm³/mol. The molecule has 1 aliphatic rings. The van der Waals surface area contributed by atoms with Gasteiger partial charge in [-0.25, -0.2) is 9.97 Å². The molecule has 5 nitrogen and oxygen atoms in total. The maximum Gasteiger partial charge on any atom is 0.162 e. The van der Waals surface area contributed by atoms with Gasteiger partial charge in [0.05, 0.1) is 18.9 Å². The molecule has 1 aromatic rings. The first-order chi connectivity index (χ1) is 9.20. The second kappa shape index (κ2) is 5.84. The van der Waals surface area contributed by atoms with E-state index < -0.39 is 0 Å². The van der Waals surface area contributed by atoms with Gasteiger partial charge in [0.1, 0.15) is 11.4 Å². The van der Waals surface area contributed by atoms with Gasteiger partial charge in [0.25, 0.3) is 0 Å². The molecule has 0 atom stereocenters. The smallest absolute Gasteiger partial charge is 0.162 e. The Hall–Kier alpha value is -1.20. The zero-order valence-electron chi connectivity index (χ0n) is 12.2. The van der Waals surface area contributed by atoms with Gasteiger partial charge < -0.3 is 14.8 Å². The number of hydrogen-bond donors (Lipinski definition) is 1. The lowest BCUT2D eigenvalue weighted by Gasteiger charge is -2.30. The van der Waals surface area contributed by atoms with E-state index in [9.17, 15) is 0 Å². The molecule has 1 N–H and O–H groups in total. The molecule has 106 valence electrons. The summed E-state index contributed by atoms with van der Waals surface area (Å²) in [5, 5.41) is 3.15. The number of methoxy groups -OCH3 is 1. The van der Waals surface area contributed by atoms with Crippen LogP contribution >= 0.6 is 0 Å². The van der Waals surface area contributed by atoms with Crippen molar-refractivity contribution >= 4 is 5.82 Å². The second-order valence-electron chi connectivity index (χ2n) is 4.78. The topological polar surface area (TPSA) is 56.3 Å². The molecule has 0 bridgehead atoms. The summed E-state index contributed by atoms with van der Waals surface area (Å²) < 4.78 is 11.2. The molecule has 0 aliphatic carbocycles. The fraction of sp³-hybridized carbons (Fsp3) is 0.714. The molecule has 0 radical (unpaired) electrons. The van der Waals surface area contributed by atoms with Crippen LogP contribution in [0.4, 0.5) is 5.82 Å². The van der Waals surface area contributed by atoms with Crippen LogP contribution < -0.4 is 5.32 Å². The second-order valence-corrected chi connectivity index (χ2v) is 4.78. The molecular formula is C14H23N3O2. The first-order valence-corrected chi connectivity index (χ1v) is 6.91. The van der Waals surface area contributed by atoms with Crippen molar-refractivity contribution in [2.24, 2.45) is 0 Å². The highest BCUT2D eigenvalue weighted by atomic mass is 16.5. The fourth-order valence-corrected chi connectivity index (χ4v) is 2.59. The van der Waals surface area contributed by atoms with Gasteiger partial charge in [0, 0.05) is 26.1 Å². The minimum atomic E-state index is -0.390. The molecule has 0 fully saturated rings. The van der Waals surface area contributed by atoms with Crippen LogP contribution in [0, 0.1) is 0 Å². The molecular weight excluding hydrogens is 242 g/mol. The standard InChI is InChI=1S/C14H23N3O2/c1-5-14(6-2,18-4)13-16-11-7-8-19-9-10(11)12(15-3)17-13/h5-9H2,1-4H3,(H,15,16,17). The first-order valence-electron chi connectivity index (χ1n) is 6.91. The summed E-state index contributed by atoms with van der Waals surface area (Å²) in [6.45, 7) is 5.53. The van der Waals surface area contributed by atoms with Gasteiger partial charge in [-0.2, -0.15) is 0 Å². The van der Waals surface area contributed by atoms with Gasteiger partial charge in [-0.05, 0) is 12.8 Å². The van der Waals surface area contributed by atoms with Crippen molar-refractivity contribution in [1.29, 1.82) is 0 Å². The van der Waals surface area contributed by atoms with Gasteiger partial charge in [0.2, 0.25) is 0 Å². The van der Waals surface area contributed by atoms with Crippen molar-refractivity contribution in [3.8, 4) is 0 Å². The summed E-state index contributed by atoms with van der Waals surface area (Å²) in [6, 6.07) is 0. The zero-order valence-corrected chi connectivity index (χ0v) is 12.2. The van der Waals surface area contributed by atoms with E-state index in [-0.39, 0.29) is 5.60 Å². The van der Waals surface area contributed by atoms with Gasteiger partial charge in [0.15, 0.2) is 5.82 Å². The molecule has 1 aromatic heterocycles. The molecule has 1 aliphatic heterocycles. The minimum absolute atomic E-state index is 0.390. The summed E-state index contributed by atoms with van der Waals surface area (Å²) in [6.07, 6.45) is 2.56. The Morgan fingerprint density at radius 1 is 1.32 bits per heavy atom. The van der Waals surface area contributed by atoms with E-state index in [0.717, 1.165) is 48.8 Å². The quantitative estimate of drug-likeness (QED) is 0.885. The molecule has 2 heterocycles. The monoisotopic (exact) mass is 265 g/mol. The maximum atomic E-state index is 5.73. The Bertz CT molecular complexity index is 419. The van der Waals surface area contributed by atoms with Crippen LogP contribution in [-0.4, -0.2) is 30.7 Å². The molecule has 0 aromatic carbocycles. The molecule has 2 rings (SSSR count). The van der Waals surface area contributed by atoms with E-state index in [1.54, 1.807) is 7.11 Å². The van der Waals surface area contributed by atoms with E-state index in [1.807, 2.05) is 7.05 Å². The lowest BCUT2D eigenvalue weighted by Crippen LogP contribution is -2.31. The van der Waals surface area contributed by atoms with Gasteiger partial charge in [-0.1, -0.05) is 13.8 Å². The number of ether oxygens (including phenoxy) is 2. The van der Waals surface area contributed by atoms with E-state index in [1.165, 1.54) is 0 Å². The third-order valence-corrected chi connectivity index (χ3v) is 4.00. The van der Waals surface area contributed by atoms with E-state index in [4.69, 9.17) is 14.5 Å². The Labute approximate surface area is 114 Å². The third kappa shape index (κ3) is 2.44. The summed E-state index contributed by atoms with van der Waals surface area (Å²) in [7, 11) is 3.62. The highest BCUT2D eigenvalue weighted by Gasteiger charge is 2.33. The summed E-state index contributed by atoms with van der Waals surface area (Å²) in [5.41, 5.74) is 1.78. The lowest BCUT2D eigenvalue weighted by atomic mass is 9.95. The zero-order chi connectivity index (χ0) is 13.9. The number of rotatable bonds is 5. The van der Waals surface area contributed by atoms with Crippen LogP contribution in [0.2, 0.25) is 0 Å². The van der Waals surface area contributed by atoms with Crippen molar-refractivity contribution in [1.82, 2.24) is 9.97 Å². The first kappa shape index (κ1) is 14.2. The average molecular weight is 265 g/mol. The van der Waals surface area contributed by atoms with Crippen molar-refractivity contribution in [3.05, 3.63) is 17.1 Å². The highest BCUT2D eigenvalue weighted by molar-refractivity contribution is 5.47. The number of aromatic nitrogens is 2. The fourth-order valence-electron chi connectivity index (χ4n) is 2.59. The Balaban J connectivity index is 2.52. The SMILES string of the molecule is CCC(CC)(OC)c1nc2c(c(NC)n1)COCC2. The van der Waals surface area contributed by atoms with Crippen molar-refractivity contribution in [2.75, 3.05) is 26.1 Å². The van der Waals surface area contributed by atoms with Crippen LogP contribution in [0.25, 0.3) is 0 Å². The maximum absolute atomic E-state index is 5.73. The Morgan fingerprint density at radius 3 is 2.63 bits per heavy atom. The van der Waals surface area contributed by atoms with Crippen molar-refractivity contribution in [2.45, 2.75) is 45.3 Å². The molecule has 0 unspecified atom stereocenters. The molecule has 0 amide bonds. The third-order valence-electron chi connectivity index (χ3n) is 4.00. The van der Waals surface area contributed by atoms with Crippen LogP contribution in [0.15, 0.2) is 0 Å². The minimum Gasteiger partial charge on any atom is -0.376 e. The highest BCUT2D eigenvalue weighted by Crippen LogP contribution is 2.32. The summed E-state index contributed by atoms with van der Waals surface area (Å²) in [5.74, 6) is 1.65. The molecule has 0 saturated heterocycles. The Morgan fingerprint density at radius 2 is 2.05 bits per heavy atom. The van der Waals surface area contributed by atoms with Crippen molar-refractivity contribution in [3.63, 3.8) is 0 Å². The number of nitrogens with zero attached hydrogens (tertiary/aromatic N) is 2.